The van der Waals surface area contributed by atoms with E-state index in [-0.39, 0.29) is 12.2 Å². The lowest BCUT2D eigenvalue weighted by Crippen LogP contribution is -2.36. The monoisotopic (exact) mass is 590 g/mol. The molecule has 1 N–H and O–H groups in total. The first-order valence-electron chi connectivity index (χ1n) is 15.2. The van der Waals surface area contributed by atoms with Crippen LogP contribution in [0.5, 0.6) is 5.88 Å². The van der Waals surface area contributed by atoms with Gasteiger partial charge in [-0.05, 0) is 92.5 Å². The van der Waals surface area contributed by atoms with Crippen molar-refractivity contribution < 1.29 is 28.1 Å². The molecule has 0 saturated carbocycles. The van der Waals surface area contributed by atoms with E-state index in [1.165, 1.54) is 6.20 Å². The number of hydrogen-bond donors (Lipinski definition) is 1. The minimum atomic E-state index is -1.44. The predicted octanol–water partition coefficient (Wildman–Crippen LogP) is 5.59. The fraction of sp³-hybridized carbons (Fsp3) is 0.485. The molecule has 2 saturated heterocycles. The molecule has 9 nitrogen and oxygen atoms in total. The first-order valence-corrected chi connectivity index (χ1v) is 15.2. The Labute approximate surface area is 251 Å². The van der Waals surface area contributed by atoms with Crippen molar-refractivity contribution in [1.29, 1.82) is 0 Å². The molecule has 0 bridgehead atoms. The zero-order valence-corrected chi connectivity index (χ0v) is 24.9. The molecule has 2 aliphatic heterocycles. The lowest BCUT2D eigenvalue weighted by atomic mass is 10.00. The van der Waals surface area contributed by atoms with Crippen LogP contribution in [0.15, 0.2) is 42.6 Å². The second kappa shape index (κ2) is 13.0. The Balaban J connectivity index is 1.21. The van der Waals surface area contributed by atoms with Crippen LogP contribution in [0.4, 0.5) is 15.9 Å². The number of nitrogens with one attached hydrogen (secondary N) is 1. The summed E-state index contributed by atoms with van der Waals surface area (Å²) in [4.78, 5) is 24.5. The van der Waals surface area contributed by atoms with Crippen molar-refractivity contribution in [2.24, 2.45) is 0 Å². The molecule has 1 aromatic carbocycles. The van der Waals surface area contributed by atoms with Gasteiger partial charge in [0.15, 0.2) is 12.0 Å². The van der Waals surface area contributed by atoms with E-state index in [1.54, 1.807) is 13.0 Å². The fourth-order valence-corrected chi connectivity index (χ4v) is 5.84. The lowest BCUT2D eigenvalue weighted by Gasteiger charge is -2.28. The van der Waals surface area contributed by atoms with Gasteiger partial charge in [0.2, 0.25) is 5.88 Å². The number of benzene rings is 1. The molecule has 10 heteroatoms. The summed E-state index contributed by atoms with van der Waals surface area (Å²) in [7, 11) is 0. The van der Waals surface area contributed by atoms with Gasteiger partial charge in [-0.15, -0.1) is 0 Å². The first-order chi connectivity index (χ1) is 20.9. The number of aryl methyl sites for hydroxylation is 2. The van der Waals surface area contributed by atoms with Crippen molar-refractivity contribution in [2.45, 2.75) is 57.9 Å². The highest BCUT2D eigenvalue weighted by Crippen LogP contribution is 2.39. The van der Waals surface area contributed by atoms with E-state index in [4.69, 9.17) is 23.9 Å². The second-order valence-corrected chi connectivity index (χ2v) is 11.6. The number of morpholine rings is 1. The molecular formula is C33H39FN4O5. The summed E-state index contributed by atoms with van der Waals surface area (Å²) >= 11 is 0. The van der Waals surface area contributed by atoms with Crippen LogP contribution in [-0.2, 0) is 26.3 Å². The number of halogens is 1. The smallest absolute Gasteiger partial charge is 0.257 e. The van der Waals surface area contributed by atoms with Gasteiger partial charge >= 0.3 is 0 Å². The normalized spacial score (nSPS) is 21.8. The van der Waals surface area contributed by atoms with Crippen molar-refractivity contribution in [3.05, 3.63) is 65.0 Å². The molecule has 2 fully saturated rings. The SMILES string of the molecule is Cc1ccc(NC(=O)c2cnc3c(c2)CCC3(C)F)cc1-c1cc(OCCOC2CCCCO2)nc(N2CCOCC2)c1. The molecule has 6 rings (SSSR count). The third-order valence-corrected chi connectivity index (χ3v) is 8.29. The Bertz CT molecular complexity index is 1450. The number of amides is 1. The second-order valence-electron chi connectivity index (χ2n) is 11.6. The third-order valence-electron chi connectivity index (χ3n) is 8.29. The summed E-state index contributed by atoms with van der Waals surface area (Å²) in [5.74, 6) is 1.03. The van der Waals surface area contributed by atoms with Gasteiger partial charge in [0.05, 0.1) is 31.1 Å². The van der Waals surface area contributed by atoms with E-state index < -0.39 is 5.67 Å². The topological polar surface area (TPSA) is 95.0 Å². The molecule has 1 aliphatic carbocycles. The van der Waals surface area contributed by atoms with Gasteiger partial charge in [0.1, 0.15) is 12.4 Å². The Morgan fingerprint density at radius 2 is 2.00 bits per heavy atom. The van der Waals surface area contributed by atoms with Crippen molar-refractivity contribution in [1.82, 2.24) is 9.97 Å². The van der Waals surface area contributed by atoms with Crippen LogP contribution < -0.4 is 15.0 Å². The summed E-state index contributed by atoms with van der Waals surface area (Å²) in [5, 5.41) is 3.00. The van der Waals surface area contributed by atoms with Crippen molar-refractivity contribution in [3.63, 3.8) is 0 Å². The predicted molar refractivity (Wildman–Crippen MR) is 161 cm³/mol. The molecule has 2 atom stereocenters. The van der Waals surface area contributed by atoms with Gasteiger partial charge in [-0.2, -0.15) is 4.98 Å². The molecule has 4 heterocycles. The van der Waals surface area contributed by atoms with Gasteiger partial charge in [-0.1, -0.05) is 6.07 Å². The number of pyridine rings is 2. The van der Waals surface area contributed by atoms with Crippen LogP contribution in [0.1, 0.15) is 59.8 Å². The summed E-state index contributed by atoms with van der Waals surface area (Å²) < 4.78 is 37.8. The van der Waals surface area contributed by atoms with E-state index >= 15 is 0 Å². The number of aromatic nitrogens is 2. The largest absolute Gasteiger partial charge is 0.475 e. The number of rotatable bonds is 9. The number of carbonyl (C=O) groups excluding carboxylic acids is 1. The van der Waals surface area contributed by atoms with Crippen LogP contribution in [0, 0.1) is 6.92 Å². The van der Waals surface area contributed by atoms with Crippen molar-refractivity contribution in [3.8, 4) is 17.0 Å². The van der Waals surface area contributed by atoms with Gasteiger partial charge in [0.25, 0.3) is 5.91 Å². The highest BCUT2D eigenvalue weighted by Gasteiger charge is 2.36. The number of ether oxygens (including phenoxy) is 4. The highest BCUT2D eigenvalue weighted by molar-refractivity contribution is 6.04. The number of fused-ring (bicyclic) bond motifs is 1. The van der Waals surface area contributed by atoms with Gasteiger partial charge < -0.3 is 29.2 Å². The van der Waals surface area contributed by atoms with Crippen LogP contribution in [0.3, 0.4) is 0 Å². The van der Waals surface area contributed by atoms with Crippen LogP contribution in [0.25, 0.3) is 11.1 Å². The Morgan fingerprint density at radius 1 is 1.14 bits per heavy atom. The van der Waals surface area contributed by atoms with E-state index in [0.29, 0.717) is 62.1 Å². The first kappa shape index (κ1) is 29.5. The quantitative estimate of drug-likeness (QED) is 0.322. The van der Waals surface area contributed by atoms with E-state index in [2.05, 4.69) is 21.3 Å². The standard InChI is InChI=1S/C33H39FN4O5/c1-22-6-7-26(36-32(39)25-17-23-8-9-33(2,34)31(23)35-21-25)20-27(22)24-18-28(38-10-13-40-14-11-38)37-29(19-24)41-15-16-43-30-5-3-4-12-42-30/h6-7,17-21,30H,3-5,8-16H2,1-2H3,(H,36,39). The Kier molecular flexibility index (Phi) is 8.88. The zero-order chi connectivity index (χ0) is 29.8. The van der Waals surface area contributed by atoms with Crippen LogP contribution in [0.2, 0.25) is 0 Å². The average molecular weight is 591 g/mol. The van der Waals surface area contributed by atoms with E-state index in [1.807, 2.05) is 31.2 Å². The third kappa shape index (κ3) is 6.98. The van der Waals surface area contributed by atoms with Gasteiger partial charge in [-0.25, -0.2) is 4.39 Å². The van der Waals surface area contributed by atoms with Crippen molar-refractivity contribution >= 4 is 17.4 Å². The number of carbonyl (C=O) groups is 1. The average Bonchev–Trinajstić information content (AvgIpc) is 3.34. The lowest BCUT2D eigenvalue weighted by molar-refractivity contribution is -0.165. The molecule has 1 amide bonds. The van der Waals surface area contributed by atoms with Gasteiger partial charge in [-0.3, -0.25) is 9.78 Å². The maximum atomic E-state index is 14.7. The molecule has 228 valence electrons. The Hall–Kier alpha value is -3.60. The minimum Gasteiger partial charge on any atom is -0.475 e. The maximum Gasteiger partial charge on any atom is 0.257 e. The summed E-state index contributed by atoms with van der Waals surface area (Å²) in [6.45, 7) is 7.83. The highest BCUT2D eigenvalue weighted by atomic mass is 19.1. The molecule has 2 unspecified atom stereocenters. The van der Waals surface area contributed by atoms with E-state index in [9.17, 15) is 9.18 Å². The summed E-state index contributed by atoms with van der Waals surface area (Å²) in [6.07, 6.45) is 5.33. The zero-order valence-electron chi connectivity index (χ0n) is 24.9. The maximum absolute atomic E-state index is 14.7. The fourth-order valence-electron chi connectivity index (χ4n) is 5.84. The molecule has 0 radical (unpaired) electrons. The van der Waals surface area contributed by atoms with Gasteiger partial charge in [0, 0.05) is 37.6 Å². The molecule has 2 aromatic heterocycles. The molecule has 3 aromatic rings. The number of hydrogen-bond acceptors (Lipinski definition) is 8. The number of anilines is 2. The molecule has 43 heavy (non-hydrogen) atoms. The molecule has 3 aliphatic rings. The van der Waals surface area contributed by atoms with Crippen molar-refractivity contribution in [2.75, 3.05) is 56.3 Å². The van der Waals surface area contributed by atoms with Crippen LogP contribution in [-0.4, -0.2) is 68.3 Å². The van der Waals surface area contributed by atoms with Crippen LogP contribution >= 0.6 is 0 Å². The number of alkyl halides is 1. The molecular weight excluding hydrogens is 551 g/mol. The number of nitrogens with zero attached hydrogens (tertiary/aromatic N) is 3. The molecule has 0 spiro atoms. The van der Waals surface area contributed by atoms with E-state index in [0.717, 1.165) is 67.0 Å². The summed E-state index contributed by atoms with van der Waals surface area (Å²) in [5.41, 5.74) is 3.76. The Morgan fingerprint density at radius 3 is 2.81 bits per heavy atom. The minimum absolute atomic E-state index is 0.169. The summed E-state index contributed by atoms with van der Waals surface area (Å²) in [6, 6.07) is 11.5.